The largest absolute Gasteiger partial charge is 0.497 e. The number of hydrogen-bond donors (Lipinski definition) is 1. The monoisotopic (exact) mass is 313 g/mol. The molecule has 18 heavy (non-hydrogen) atoms. The fourth-order valence-corrected chi connectivity index (χ4v) is 2.56. The van der Waals surface area contributed by atoms with Crippen LogP contribution in [0.5, 0.6) is 5.75 Å². The molecule has 1 unspecified atom stereocenters. The molecule has 1 rings (SSSR count). The molecular weight excluding hydrogens is 290 g/mol. The first kappa shape index (κ1) is 15.5. The average molecular weight is 314 g/mol. The molecule has 0 saturated carbocycles. The van der Waals surface area contributed by atoms with Gasteiger partial charge in [-0.15, -0.1) is 0 Å². The molecule has 0 radical (unpaired) electrons. The summed E-state index contributed by atoms with van der Waals surface area (Å²) in [5, 5.41) is 3.55. The third kappa shape index (κ3) is 4.62. The van der Waals surface area contributed by atoms with Crippen LogP contribution in [-0.2, 0) is 6.42 Å². The van der Waals surface area contributed by atoms with Crippen LogP contribution < -0.4 is 10.1 Å². The van der Waals surface area contributed by atoms with E-state index in [0.717, 1.165) is 25.1 Å². The van der Waals surface area contributed by atoms with Crippen molar-refractivity contribution in [2.45, 2.75) is 39.7 Å². The van der Waals surface area contributed by atoms with Crippen molar-refractivity contribution in [2.75, 3.05) is 13.7 Å². The summed E-state index contributed by atoms with van der Waals surface area (Å²) in [4.78, 5) is 0. The molecular formula is C15H24BrNO. The molecule has 2 nitrogen and oxygen atoms in total. The van der Waals surface area contributed by atoms with Crippen molar-refractivity contribution < 1.29 is 4.74 Å². The Morgan fingerprint density at radius 3 is 2.61 bits per heavy atom. The second-order valence-corrected chi connectivity index (χ2v) is 5.76. The highest BCUT2D eigenvalue weighted by atomic mass is 79.9. The van der Waals surface area contributed by atoms with Gasteiger partial charge in [0.2, 0.25) is 0 Å². The highest BCUT2D eigenvalue weighted by Gasteiger charge is 2.12. The number of nitrogens with one attached hydrogen (secondary N) is 1. The van der Waals surface area contributed by atoms with E-state index < -0.39 is 0 Å². The van der Waals surface area contributed by atoms with E-state index >= 15 is 0 Å². The first-order valence-electron chi connectivity index (χ1n) is 6.64. The molecule has 0 amide bonds. The molecule has 1 atom stereocenters. The molecule has 1 aromatic carbocycles. The number of rotatable bonds is 7. The fourth-order valence-electron chi connectivity index (χ4n) is 2.11. The lowest BCUT2D eigenvalue weighted by atomic mass is 9.96. The highest BCUT2D eigenvalue weighted by Crippen LogP contribution is 2.24. The lowest BCUT2D eigenvalue weighted by Gasteiger charge is -2.22. The van der Waals surface area contributed by atoms with E-state index in [4.69, 9.17) is 4.74 Å². The van der Waals surface area contributed by atoms with Gasteiger partial charge in [0, 0.05) is 10.5 Å². The summed E-state index contributed by atoms with van der Waals surface area (Å²) < 4.78 is 6.44. The molecule has 0 aliphatic heterocycles. The Morgan fingerprint density at radius 2 is 2.06 bits per heavy atom. The first-order valence-corrected chi connectivity index (χ1v) is 7.43. The van der Waals surface area contributed by atoms with Gasteiger partial charge in [0.15, 0.2) is 0 Å². The maximum Gasteiger partial charge on any atom is 0.119 e. The Balaban J connectivity index is 2.66. The first-order chi connectivity index (χ1) is 8.58. The number of aryl methyl sites for hydroxylation is 1. The van der Waals surface area contributed by atoms with Gasteiger partial charge in [-0.1, -0.05) is 36.7 Å². The lowest BCUT2D eigenvalue weighted by Crippen LogP contribution is -2.34. The molecule has 0 saturated heterocycles. The summed E-state index contributed by atoms with van der Waals surface area (Å²) in [6.07, 6.45) is 2.21. The van der Waals surface area contributed by atoms with E-state index in [2.05, 4.69) is 54.2 Å². The van der Waals surface area contributed by atoms with Crippen LogP contribution in [0.25, 0.3) is 0 Å². The van der Waals surface area contributed by atoms with Gasteiger partial charge in [0.1, 0.15) is 5.75 Å². The van der Waals surface area contributed by atoms with Gasteiger partial charge in [-0.2, -0.15) is 0 Å². The molecule has 3 heteroatoms. The van der Waals surface area contributed by atoms with Gasteiger partial charge in [0.25, 0.3) is 0 Å². The average Bonchev–Trinajstić information content (AvgIpc) is 2.35. The van der Waals surface area contributed by atoms with Crippen molar-refractivity contribution in [3.8, 4) is 5.75 Å². The molecule has 0 bridgehead atoms. The summed E-state index contributed by atoms with van der Waals surface area (Å²) in [6.45, 7) is 7.74. The Morgan fingerprint density at radius 1 is 1.33 bits per heavy atom. The quantitative estimate of drug-likeness (QED) is 0.820. The SMILES string of the molecule is CCNC(CCc1cc(OC)ccc1Br)C(C)C. The highest BCUT2D eigenvalue weighted by molar-refractivity contribution is 9.10. The molecule has 102 valence electrons. The number of halogens is 1. The second-order valence-electron chi connectivity index (χ2n) is 4.90. The molecule has 0 heterocycles. The summed E-state index contributed by atoms with van der Waals surface area (Å²) in [6, 6.07) is 6.74. The van der Waals surface area contributed by atoms with Gasteiger partial charge in [-0.05, 0) is 49.1 Å². The van der Waals surface area contributed by atoms with Crippen molar-refractivity contribution in [2.24, 2.45) is 5.92 Å². The minimum Gasteiger partial charge on any atom is -0.497 e. The topological polar surface area (TPSA) is 21.3 Å². The van der Waals surface area contributed by atoms with Gasteiger partial charge < -0.3 is 10.1 Å². The van der Waals surface area contributed by atoms with E-state index in [9.17, 15) is 0 Å². The fraction of sp³-hybridized carbons (Fsp3) is 0.600. The Kier molecular flexibility index (Phi) is 6.72. The van der Waals surface area contributed by atoms with Crippen LogP contribution in [0, 0.1) is 5.92 Å². The van der Waals surface area contributed by atoms with E-state index in [1.807, 2.05) is 6.07 Å². The van der Waals surface area contributed by atoms with Crippen LogP contribution in [0.2, 0.25) is 0 Å². The predicted molar refractivity (Wildman–Crippen MR) is 81.3 cm³/mol. The molecule has 1 N–H and O–H groups in total. The molecule has 0 spiro atoms. The minimum absolute atomic E-state index is 0.577. The summed E-state index contributed by atoms with van der Waals surface area (Å²) in [7, 11) is 1.71. The van der Waals surface area contributed by atoms with Crippen molar-refractivity contribution >= 4 is 15.9 Å². The van der Waals surface area contributed by atoms with Crippen LogP contribution in [0.15, 0.2) is 22.7 Å². The lowest BCUT2D eigenvalue weighted by molar-refractivity contribution is 0.384. The van der Waals surface area contributed by atoms with Crippen LogP contribution in [0.4, 0.5) is 0 Å². The number of benzene rings is 1. The van der Waals surface area contributed by atoms with Gasteiger partial charge in [-0.3, -0.25) is 0 Å². The maximum absolute atomic E-state index is 5.28. The van der Waals surface area contributed by atoms with Crippen LogP contribution in [0.1, 0.15) is 32.8 Å². The Bertz CT molecular complexity index is 366. The Labute approximate surface area is 119 Å². The number of ether oxygens (including phenoxy) is 1. The van der Waals surface area contributed by atoms with Gasteiger partial charge >= 0.3 is 0 Å². The summed E-state index contributed by atoms with van der Waals surface area (Å²) in [5.74, 6) is 1.59. The van der Waals surface area contributed by atoms with Gasteiger partial charge in [-0.25, -0.2) is 0 Å². The van der Waals surface area contributed by atoms with Crippen LogP contribution >= 0.6 is 15.9 Å². The maximum atomic E-state index is 5.28. The third-order valence-electron chi connectivity index (χ3n) is 3.25. The van der Waals surface area contributed by atoms with Crippen molar-refractivity contribution in [1.82, 2.24) is 5.32 Å². The van der Waals surface area contributed by atoms with E-state index in [0.29, 0.717) is 12.0 Å². The number of methoxy groups -OCH3 is 1. The summed E-state index contributed by atoms with van der Waals surface area (Å²) in [5.41, 5.74) is 1.32. The third-order valence-corrected chi connectivity index (χ3v) is 4.02. The smallest absolute Gasteiger partial charge is 0.119 e. The number of hydrogen-bond acceptors (Lipinski definition) is 2. The molecule has 0 aliphatic rings. The van der Waals surface area contributed by atoms with Crippen molar-refractivity contribution in [3.63, 3.8) is 0 Å². The van der Waals surface area contributed by atoms with E-state index in [-0.39, 0.29) is 0 Å². The molecule has 0 aromatic heterocycles. The van der Waals surface area contributed by atoms with E-state index in [1.54, 1.807) is 7.11 Å². The summed E-state index contributed by atoms with van der Waals surface area (Å²) >= 11 is 3.61. The predicted octanol–water partition coefficient (Wildman–Crippen LogP) is 4.02. The zero-order chi connectivity index (χ0) is 13.5. The van der Waals surface area contributed by atoms with Crippen LogP contribution in [-0.4, -0.2) is 19.7 Å². The molecule has 1 aromatic rings. The molecule has 0 fully saturated rings. The standard InChI is InChI=1S/C15H24BrNO/c1-5-17-15(11(2)3)9-6-12-10-13(18-4)7-8-14(12)16/h7-8,10-11,15,17H,5-6,9H2,1-4H3. The zero-order valence-electron chi connectivity index (χ0n) is 11.8. The van der Waals surface area contributed by atoms with Crippen molar-refractivity contribution in [3.05, 3.63) is 28.2 Å². The molecule has 0 aliphatic carbocycles. The van der Waals surface area contributed by atoms with Crippen molar-refractivity contribution in [1.29, 1.82) is 0 Å². The normalized spacial score (nSPS) is 12.8. The minimum atomic E-state index is 0.577. The van der Waals surface area contributed by atoms with Crippen LogP contribution in [0.3, 0.4) is 0 Å². The zero-order valence-corrected chi connectivity index (χ0v) is 13.4. The van der Waals surface area contributed by atoms with Gasteiger partial charge in [0.05, 0.1) is 7.11 Å². The second kappa shape index (κ2) is 7.80. The van der Waals surface area contributed by atoms with E-state index in [1.165, 1.54) is 10.0 Å². The Hall–Kier alpha value is -0.540.